The van der Waals surface area contributed by atoms with Crippen molar-refractivity contribution in [1.29, 1.82) is 0 Å². The Hall–Kier alpha value is -0.830. The lowest BCUT2D eigenvalue weighted by Gasteiger charge is -2.17. The van der Waals surface area contributed by atoms with E-state index < -0.39 is 0 Å². The fourth-order valence-electron chi connectivity index (χ4n) is 1.24. The molecule has 0 bridgehead atoms. The van der Waals surface area contributed by atoms with Crippen LogP contribution in [0.5, 0.6) is 0 Å². The van der Waals surface area contributed by atoms with Crippen LogP contribution < -0.4 is 5.32 Å². The highest BCUT2D eigenvalue weighted by atomic mass is 16.5. The van der Waals surface area contributed by atoms with Crippen molar-refractivity contribution in [3.05, 3.63) is 12.7 Å². The molecule has 1 N–H and O–H groups in total. The number of rotatable bonds is 7. The van der Waals surface area contributed by atoms with Crippen molar-refractivity contribution in [3.8, 4) is 0 Å². The van der Waals surface area contributed by atoms with Gasteiger partial charge in [0.15, 0.2) is 0 Å². The molecule has 0 fully saturated rings. The number of esters is 1. The predicted octanol–water partition coefficient (Wildman–Crippen LogP) is 1.74. The van der Waals surface area contributed by atoms with Crippen molar-refractivity contribution in [2.45, 2.75) is 32.7 Å². The van der Waals surface area contributed by atoms with Crippen LogP contribution in [0, 0.1) is 5.92 Å². The molecule has 0 aliphatic rings. The van der Waals surface area contributed by atoms with Crippen molar-refractivity contribution in [3.63, 3.8) is 0 Å². The standard InChI is InChI=1S/C11H21NO2/c1-5-6-7-12-10(8-9(2)3)11(13)14-4/h5,9-10,12H,1,6-8H2,2-4H3/t10-/m0/s1. The summed E-state index contributed by atoms with van der Waals surface area (Å²) in [7, 11) is 1.42. The molecule has 0 amide bonds. The molecule has 0 aromatic heterocycles. The topological polar surface area (TPSA) is 38.3 Å². The van der Waals surface area contributed by atoms with E-state index in [0.29, 0.717) is 5.92 Å². The van der Waals surface area contributed by atoms with Crippen molar-refractivity contribution in [2.75, 3.05) is 13.7 Å². The number of methoxy groups -OCH3 is 1. The third-order valence-corrected chi connectivity index (χ3v) is 1.93. The highest BCUT2D eigenvalue weighted by molar-refractivity contribution is 5.75. The first-order valence-electron chi connectivity index (χ1n) is 5.04. The Kier molecular flexibility index (Phi) is 7.11. The second-order valence-corrected chi connectivity index (χ2v) is 3.74. The van der Waals surface area contributed by atoms with Gasteiger partial charge in [-0.3, -0.25) is 4.79 Å². The van der Waals surface area contributed by atoms with Gasteiger partial charge in [0.1, 0.15) is 6.04 Å². The molecule has 14 heavy (non-hydrogen) atoms. The number of hydrogen-bond acceptors (Lipinski definition) is 3. The molecule has 0 rings (SSSR count). The quantitative estimate of drug-likeness (QED) is 0.385. The van der Waals surface area contributed by atoms with Crippen LogP contribution in [0.1, 0.15) is 26.7 Å². The van der Waals surface area contributed by atoms with Crippen molar-refractivity contribution >= 4 is 5.97 Å². The van der Waals surface area contributed by atoms with Gasteiger partial charge < -0.3 is 10.1 Å². The molecule has 0 saturated heterocycles. The second-order valence-electron chi connectivity index (χ2n) is 3.74. The summed E-state index contributed by atoms with van der Waals surface area (Å²) in [6.45, 7) is 8.58. The Bertz CT molecular complexity index is 178. The zero-order valence-electron chi connectivity index (χ0n) is 9.38. The van der Waals surface area contributed by atoms with E-state index in [0.717, 1.165) is 19.4 Å². The molecular weight excluding hydrogens is 178 g/mol. The van der Waals surface area contributed by atoms with E-state index in [4.69, 9.17) is 4.74 Å². The fourth-order valence-corrected chi connectivity index (χ4v) is 1.24. The zero-order chi connectivity index (χ0) is 11.0. The van der Waals surface area contributed by atoms with E-state index in [1.165, 1.54) is 7.11 Å². The zero-order valence-corrected chi connectivity index (χ0v) is 9.38. The Balaban J connectivity index is 3.96. The van der Waals surface area contributed by atoms with E-state index in [2.05, 4.69) is 25.7 Å². The van der Waals surface area contributed by atoms with Gasteiger partial charge in [-0.1, -0.05) is 19.9 Å². The lowest BCUT2D eigenvalue weighted by molar-refractivity contribution is -0.143. The predicted molar refractivity (Wildman–Crippen MR) is 58.1 cm³/mol. The number of carbonyl (C=O) groups excluding carboxylic acids is 1. The van der Waals surface area contributed by atoms with Crippen LogP contribution in [-0.4, -0.2) is 25.7 Å². The summed E-state index contributed by atoms with van der Waals surface area (Å²) < 4.78 is 4.72. The Labute approximate surface area is 86.5 Å². The van der Waals surface area contributed by atoms with Crippen LogP contribution in [0.4, 0.5) is 0 Å². The second kappa shape index (κ2) is 7.56. The molecule has 0 heterocycles. The first-order valence-corrected chi connectivity index (χ1v) is 5.04. The van der Waals surface area contributed by atoms with Crippen molar-refractivity contribution in [2.24, 2.45) is 5.92 Å². The van der Waals surface area contributed by atoms with Gasteiger partial charge in [0.2, 0.25) is 0 Å². The molecular formula is C11H21NO2. The minimum atomic E-state index is -0.181. The van der Waals surface area contributed by atoms with Crippen LogP contribution in [0.3, 0.4) is 0 Å². The van der Waals surface area contributed by atoms with E-state index in [1.54, 1.807) is 0 Å². The molecule has 0 spiro atoms. The molecule has 3 nitrogen and oxygen atoms in total. The molecule has 0 aromatic carbocycles. The summed E-state index contributed by atoms with van der Waals surface area (Å²) in [6, 6.07) is -0.181. The monoisotopic (exact) mass is 199 g/mol. The van der Waals surface area contributed by atoms with E-state index in [-0.39, 0.29) is 12.0 Å². The van der Waals surface area contributed by atoms with E-state index >= 15 is 0 Å². The molecule has 3 heteroatoms. The fraction of sp³-hybridized carbons (Fsp3) is 0.727. The SMILES string of the molecule is C=CCCN[C@@H](CC(C)C)C(=O)OC. The highest BCUT2D eigenvalue weighted by Gasteiger charge is 2.18. The molecule has 0 saturated carbocycles. The number of hydrogen-bond donors (Lipinski definition) is 1. The Morgan fingerprint density at radius 1 is 1.57 bits per heavy atom. The van der Waals surface area contributed by atoms with Crippen LogP contribution in [-0.2, 0) is 9.53 Å². The number of ether oxygens (including phenoxy) is 1. The average molecular weight is 199 g/mol. The first kappa shape index (κ1) is 13.2. The Morgan fingerprint density at radius 3 is 2.64 bits per heavy atom. The van der Waals surface area contributed by atoms with Crippen LogP contribution >= 0.6 is 0 Å². The van der Waals surface area contributed by atoms with Gasteiger partial charge in [-0.25, -0.2) is 0 Å². The van der Waals surface area contributed by atoms with Gasteiger partial charge in [0, 0.05) is 0 Å². The maximum Gasteiger partial charge on any atom is 0.322 e. The van der Waals surface area contributed by atoms with Gasteiger partial charge in [0.25, 0.3) is 0 Å². The Morgan fingerprint density at radius 2 is 2.21 bits per heavy atom. The molecule has 0 aromatic rings. The maximum absolute atomic E-state index is 11.3. The lowest BCUT2D eigenvalue weighted by atomic mass is 10.0. The summed E-state index contributed by atoms with van der Waals surface area (Å²) in [5.74, 6) is 0.304. The number of nitrogens with one attached hydrogen (secondary N) is 1. The summed E-state index contributed by atoms with van der Waals surface area (Å²) in [6.07, 6.45) is 3.51. The summed E-state index contributed by atoms with van der Waals surface area (Å²) >= 11 is 0. The molecule has 0 unspecified atom stereocenters. The minimum absolute atomic E-state index is 0.178. The molecule has 0 aliphatic heterocycles. The first-order chi connectivity index (χ1) is 6.61. The third kappa shape index (κ3) is 5.75. The molecule has 0 aliphatic carbocycles. The number of carbonyl (C=O) groups is 1. The van der Waals surface area contributed by atoms with Crippen LogP contribution in [0.15, 0.2) is 12.7 Å². The van der Waals surface area contributed by atoms with Gasteiger partial charge >= 0.3 is 5.97 Å². The summed E-state index contributed by atoms with van der Waals surface area (Å²) in [4.78, 5) is 11.3. The van der Waals surface area contributed by atoms with E-state index in [1.807, 2.05) is 6.08 Å². The maximum atomic E-state index is 11.3. The summed E-state index contributed by atoms with van der Waals surface area (Å²) in [5.41, 5.74) is 0. The largest absolute Gasteiger partial charge is 0.468 e. The van der Waals surface area contributed by atoms with Gasteiger partial charge in [-0.2, -0.15) is 0 Å². The van der Waals surface area contributed by atoms with Gasteiger partial charge in [0.05, 0.1) is 7.11 Å². The van der Waals surface area contributed by atoms with E-state index in [9.17, 15) is 4.79 Å². The minimum Gasteiger partial charge on any atom is -0.468 e. The third-order valence-electron chi connectivity index (χ3n) is 1.93. The normalized spacial score (nSPS) is 12.6. The average Bonchev–Trinajstić information content (AvgIpc) is 2.15. The van der Waals surface area contributed by atoms with Crippen LogP contribution in [0.25, 0.3) is 0 Å². The lowest BCUT2D eigenvalue weighted by Crippen LogP contribution is -2.39. The molecule has 0 radical (unpaired) electrons. The molecule has 1 atom stereocenters. The van der Waals surface area contributed by atoms with Gasteiger partial charge in [-0.15, -0.1) is 6.58 Å². The molecule has 82 valence electrons. The van der Waals surface area contributed by atoms with Gasteiger partial charge in [-0.05, 0) is 25.3 Å². The summed E-state index contributed by atoms with van der Waals surface area (Å²) in [5, 5.41) is 3.16. The smallest absolute Gasteiger partial charge is 0.322 e. The highest BCUT2D eigenvalue weighted by Crippen LogP contribution is 2.06. The van der Waals surface area contributed by atoms with Crippen LogP contribution in [0.2, 0.25) is 0 Å². The van der Waals surface area contributed by atoms with Crippen molar-refractivity contribution < 1.29 is 9.53 Å². The van der Waals surface area contributed by atoms with Crippen molar-refractivity contribution in [1.82, 2.24) is 5.32 Å².